The molecular weight excluding hydrogens is 347 g/mol. The number of allylic oxidation sites excluding steroid dienone is 1. The van der Waals surface area contributed by atoms with E-state index < -0.39 is 0 Å². The van der Waals surface area contributed by atoms with Crippen molar-refractivity contribution >= 4 is 11.8 Å². The van der Waals surface area contributed by atoms with E-state index in [1.165, 1.54) is 11.3 Å². The lowest BCUT2D eigenvalue weighted by Gasteiger charge is -2.11. The minimum atomic E-state index is 0. The molecule has 0 aliphatic heterocycles. The van der Waals surface area contributed by atoms with Crippen molar-refractivity contribution in [3.8, 4) is 0 Å². The summed E-state index contributed by atoms with van der Waals surface area (Å²) in [5.74, 6) is 0. The van der Waals surface area contributed by atoms with Crippen molar-refractivity contribution in [3.63, 3.8) is 0 Å². The van der Waals surface area contributed by atoms with Gasteiger partial charge in [0.05, 0.1) is 0 Å². The van der Waals surface area contributed by atoms with E-state index in [1.807, 2.05) is 18.2 Å². The summed E-state index contributed by atoms with van der Waals surface area (Å²) in [4.78, 5) is 2.10. The Hall–Kier alpha value is -1.36. The van der Waals surface area contributed by atoms with Gasteiger partial charge in [-0.2, -0.15) is 0 Å². The molecule has 0 saturated carbocycles. The Bertz CT molecular complexity index is 504. The second-order valence-corrected chi connectivity index (χ2v) is 4.46. The highest BCUT2D eigenvalue weighted by atomic mass is 127. The quantitative estimate of drug-likeness (QED) is 0.535. The average molecular weight is 366 g/mol. The molecule has 0 saturated heterocycles. The van der Waals surface area contributed by atoms with Gasteiger partial charge in [-0.25, -0.2) is 4.57 Å². The first-order valence-electron chi connectivity index (χ1n) is 6.14. The lowest BCUT2D eigenvalue weighted by molar-refractivity contribution is -0.686. The van der Waals surface area contributed by atoms with Gasteiger partial charge in [-0.1, -0.05) is 24.3 Å². The van der Waals surface area contributed by atoms with Crippen molar-refractivity contribution in [3.05, 3.63) is 66.5 Å². The first-order valence-corrected chi connectivity index (χ1v) is 6.14. The molecule has 1 heterocycles. The lowest BCUT2D eigenvalue weighted by atomic mass is 10.2. The van der Waals surface area contributed by atoms with E-state index in [0.717, 1.165) is 6.54 Å². The lowest BCUT2D eigenvalue weighted by Crippen LogP contribution is -3.00. The Kier molecular flexibility index (Phi) is 6.56. The molecule has 0 radical (unpaired) electrons. The van der Waals surface area contributed by atoms with Crippen LogP contribution in [-0.4, -0.2) is 14.1 Å². The molecule has 0 spiro atoms. The highest BCUT2D eigenvalue weighted by molar-refractivity contribution is 5.55. The largest absolute Gasteiger partial charge is 1.00 e. The van der Waals surface area contributed by atoms with Gasteiger partial charge in [-0.15, -0.1) is 0 Å². The van der Waals surface area contributed by atoms with Gasteiger partial charge in [0.25, 0.3) is 0 Å². The molecule has 2 rings (SSSR count). The predicted molar refractivity (Wildman–Crippen MR) is 76.4 cm³/mol. The van der Waals surface area contributed by atoms with Gasteiger partial charge < -0.3 is 28.9 Å². The first kappa shape index (κ1) is 15.7. The van der Waals surface area contributed by atoms with Gasteiger partial charge in [-0.05, 0) is 23.8 Å². The molecule has 0 fully saturated rings. The normalized spacial score (nSPS) is 10.2. The maximum atomic E-state index is 2.17. The summed E-state index contributed by atoms with van der Waals surface area (Å²) >= 11 is 0. The fourth-order valence-corrected chi connectivity index (χ4v) is 1.75. The van der Waals surface area contributed by atoms with Crippen LogP contribution in [0.1, 0.15) is 5.56 Å². The van der Waals surface area contributed by atoms with Crippen LogP contribution in [-0.2, 0) is 6.54 Å². The Morgan fingerprint density at radius 2 is 1.63 bits per heavy atom. The molecule has 19 heavy (non-hydrogen) atoms. The number of hydrogen-bond acceptors (Lipinski definition) is 1. The average Bonchev–Trinajstić information content (AvgIpc) is 2.40. The molecular formula is C16H19IN2. The molecule has 1 aromatic carbocycles. The molecule has 100 valence electrons. The molecule has 1 aromatic heterocycles. The third kappa shape index (κ3) is 5.03. The van der Waals surface area contributed by atoms with Crippen LogP contribution in [0.5, 0.6) is 0 Å². The predicted octanol–water partition coefficient (Wildman–Crippen LogP) is -0.242. The van der Waals surface area contributed by atoms with Crippen LogP contribution in [0.25, 0.3) is 6.08 Å². The molecule has 0 bridgehead atoms. The first-order chi connectivity index (χ1) is 8.75. The van der Waals surface area contributed by atoms with Gasteiger partial charge in [0.1, 0.15) is 0 Å². The van der Waals surface area contributed by atoms with Gasteiger partial charge in [0.2, 0.25) is 0 Å². The number of benzene rings is 1. The number of halogens is 1. The van der Waals surface area contributed by atoms with Crippen LogP contribution < -0.4 is 33.4 Å². The zero-order valence-corrected chi connectivity index (χ0v) is 13.5. The summed E-state index contributed by atoms with van der Waals surface area (Å²) in [7, 11) is 4.10. The monoisotopic (exact) mass is 366 g/mol. The van der Waals surface area contributed by atoms with Crippen LogP contribution >= 0.6 is 0 Å². The highest BCUT2D eigenvalue weighted by Gasteiger charge is 1.95. The van der Waals surface area contributed by atoms with E-state index >= 15 is 0 Å². The fraction of sp³-hybridized carbons (Fsp3) is 0.188. The second-order valence-electron chi connectivity index (χ2n) is 4.46. The molecule has 0 aliphatic rings. The third-order valence-electron chi connectivity index (χ3n) is 2.81. The molecule has 2 nitrogen and oxygen atoms in total. The third-order valence-corrected chi connectivity index (χ3v) is 2.81. The molecule has 0 aliphatic carbocycles. The van der Waals surface area contributed by atoms with Crippen molar-refractivity contribution < 1.29 is 28.5 Å². The van der Waals surface area contributed by atoms with Gasteiger partial charge >= 0.3 is 0 Å². The molecule has 0 amide bonds. The topological polar surface area (TPSA) is 7.12 Å². The van der Waals surface area contributed by atoms with Crippen LogP contribution in [0.15, 0.2) is 60.9 Å². The van der Waals surface area contributed by atoms with Crippen molar-refractivity contribution in [1.82, 2.24) is 0 Å². The van der Waals surface area contributed by atoms with Crippen LogP contribution in [0.2, 0.25) is 0 Å². The molecule has 3 heteroatoms. The van der Waals surface area contributed by atoms with E-state index in [9.17, 15) is 0 Å². The summed E-state index contributed by atoms with van der Waals surface area (Å²) in [6.07, 6.45) is 8.46. The summed E-state index contributed by atoms with van der Waals surface area (Å²) < 4.78 is 2.14. The van der Waals surface area contributed by atoms with Crippen molar-refractivity contribution in [2.75, 3.05) is 19.0 Å². The maximum absolute atomic E-state index is 2.17. The minimum absolute atomic E-state index is 0. The van der Waals surface area contributed by atoms with Crippen LogP contribution in [0, 0.1) is 0 Å². The fourth-order valence-electron chi connectivity index (χ4n) is 1.75. The zero-order valence-electron chi connectivity index (χ0n) is 11.3. The number of rotatable bonds is 4. The Morgan fingerprint density at radius 3 is 2.21 bits per heavy atom. The number of anilines is 1. The number of hydrogen-bond donors (Lipinski definition) is 0. The van der Waals surface area contributed by atoms with Gasteiger partial charge in [0, 0.05) is 31.9 Å². The Balaban J connectivity index is 0.00000180. The maximum Gasteiger partial charge on any atom is 0.169 e. The van der Waals surface area contributed by atoms with E-state index in [1.54, 1.807) is 0 Å². The Labute approximate surface area is 132 Å². The Morgan fingerprint density at radius 1 is 1.00 bits per heavy atom. The molecule has 0 N–H and O–H groups in total. The van der Waals surface area contributed by atoms with Gasteiger partial charge in [0.15, 0.2) is 18.9 Å². The highest BCUT2D eigenvalue weighted by Crippen LogP contribution is 2.12. The molecule has 0 atom stereocenters. The summed E-state index contributed by atoms with van der Waals surface area (Å²) in [6, 6.07) is 14.7. The number of pyridine rings is 1. The summed E-state index contributed by atoms with van der Waals surface area (Å²) in [5.41, 5.74) is 2.46. The SMILES string of the molecule is CN(C)c1ccc(/C=C/C[n+]2ccccc2)cc1.[I-]. The summed E-state index contributed by atoms with van der Waals surface area (Å²) in [6.45, 7) is 0.899. The van der Waals surface area contributed by atoms with E-state index in [2.05, 4.69) is 72.4 Å². The van der Waals surface area contributed by atoms with Gasteiger partial charge in [-0.3, -0.25) is 0 Å². The molecule has 0 unspecified atom stereocenters. The van der Waals surface area contributed by atoms with Crippen molar-refractivity contribution in [1.29, 1.82) is 0 Å². The number of aromatic nitrogens is 1. The van der Waals surface area contributed by atoms with Crippen molar-refractivity contribution in [2.24, 2.45) is 0 Å². The van der Waals surface area contributed by atoms with E-state index in [0.29, 0.717) is 0 Å². The van der Waals surface area contributed by atoms with E-state index in [-0.39, 0.29) is 24.0 Å². The smallest absolute Gasteiger partial charge is 0.169 e. The molecule has 2 aromatic rings. The second kappa shape index (κ2) is 7.94. The van der Waals surface area contributed by atoms with Crippen molar-refractivity contribution in [2.45, 2.75) is 6.54 Å². The number of nitrogens with zero attached hydrogens (tertiary/aromatic N) is 2. The standard InChI is InChI=1S/C16H19N2.HI/c1-17(2)16-10-8-15(9-11-16)7-6-14-18-12-4-3-5-13-18;/h3-13H,14H2,1-2H3;1H/q+1;/p-1/b7-6+;. The van der Waals surface area contributed by atoms with Crippen LogP contribution in [0.4, 0.5) is 5.69 Å². The van der Waals surface area contributed by atoms with E-state index in [4.69, 9.17) is 0 Å². The van der Waals surface area contributed by atoms with Crippen LogP contribution in [0.3, 0.4) is 0 Å². The zero-order chi connectivity index (χ0) is 12.8. The minimum Gasteiger partial charge on any atom is -1.00 e. The summed E-state index contributed by atoms with van der Waals surface area (Å²) in [5, 5.41) is 0.